The average Bonchev–Trinajstić information content (AvgIpc) is 3.54. The van der Waals surface area contributed by atoms with E-state index in [0.29, 0.717) is 22.3 Å². The van der Waals surface area contributed by atoms with Gasteiger partial charge in [-0.05, 0) is 48.9 Å². The van der Waals surface area contributed by atoms with Gasteiger partial charge >= 0.3 is 6.03 Å². The highest BCUT2D eigenvalue weighted by molar-refractivity contribution is 7.99. The van der Waals surface area contributed by atoms with Crippen molar-refractivity contribution in [2.24, 2.45) is 13.0 Å². The summed E-state index contributed by atoms with van der Waals surface area (Å²) in [6.07, 6.45) is 4.73. The first-order valence-corrected chi connectivity index (χ1v) is 12.9. The normalized spacial score (nSPS) is 16.2. The van der Waals surface area contributed by atoms with E-state index in [1.165, 1.54) is 35.0 Å². The first-order valence-electron chi connectivity index (χ1n) is 11.1. The van der Waals surface area contributed by atoms with Crippen molar-refractivity contribution < 1.29 is 19.1 Å². The van der Waals surface area contributed by atoms with E-state index in [4.69, 9.17) is 9.47 Å². The minimum absolute atomic E-state index is 0.0413. The predicted molar refractivity (Wildman–Crippen MR) is 131 cm³/mol. The number of anilines is 1. The van der Waals surface area contributed by atoms with Gasteiger partial charge in [-0.25, -0.2) is 4.79 Å². The third-order valence-corrected chi connectivity index (χ3v) is 8.29. The van der Waals surface area contributed by atoms with E-state index in [-0.39, 0.29) is 12.5 Å². The summed E-state index contributed by atoms with van der Waals surface area (Å²) in [5, 5.41) is 14.2. The van der Waals surface area contributed by atoms with Crippen LogP contribution >= 0.6 is 23.1 Å². The van der Waals surface area contributed by atoms with Gasteiger partial charge in [-0.3, -0.25) is 10.1 Å². The molecule has 11 heteroatoms. The molecule has 3 aromatic rings. The predicted octanol–water partition coefficient (Wildman–Crippen LogP) is 4.23. The van der Waals surface area contributed by atoms with Gasteiger partial charge in [0.2, 0.25) is 12.7 Å². The van der Waals surface area contributed by atoms with Crippen LogP contribution in [0, 0.1) is 5.92 Å². The van der Waals surface area contributed by atoms with E-state index in [1.54, 1.807) is 29.5 Å². The molecule has 2 N–H and O–H groups in total. The largest absolute Gasteiger partial charge is 0.454 e. The third kappa shape index (κ3) is 4.76. The van der Waals surface area contributed by atoms with Gasteiger partial charge < -0.3 is 19.4 Å². The van der Waals surface area contributed by atoms with Crippen molar-refractivity contribution in [1.82, 2.24) is 20.1 Å². The van der Waals surface area contributed by atoms with Gasteiger partial charge in [-0.15, -0.1) is 21.5 Å². The van der Waals surface area contributed by atoms with E-state index in [2.05, 4.69) is 33.8 Å². The SMILES string of the molecule is CCC1CCc2sc(-c3nnc(SCC(=O)NC(=O)Nc4ccc5c(c4)OCO5)n3C)cc2C1. The van der Waals surface area contributed by atoms with Crippen LogP contribution < -0.4 is 20.1 Å². The number of imide groups is 1. The van der Waals surface area contributed by atoms with Crippen LogP contribution in [0.15, 0.2) is 29.4 Å². The van der Waals surface area contributed by atoms with Crippen molar-refractivity contribution in [2.45, 2.75) is 37.8 Å². The summed E-state index contributed by atoms with van der Waals surface area (Å²) in [7, 11) is 1.90. The van der Waals surface area contributed by atoms with Gasteiger partial charge in [0.15, 0.2) is 22.5 Å². The number of aromatic nitrogens is 3. The molecular formula is C23H25N5O4S2. The highest BCUT2D eigenvalue weighted by atomic mass is 32.2. The summed E-state index contributed by atoms with van der Waals surface area (Å²) >= 11 is 3.03. The van der Waals surface area contributed by atoms with Crippen LogP contribution in [0.1, 0.15) is 30.2 Å². The molecule has 0 spiro atoms. The highest BCUT2D eigenvalue weighted by Crippen LogP contribution is 2.38. The van der Waals surface area contributed by atoms with Gasteiger partial charge in [0.05, 0.1) is 10.6 Å². The number of ether oxygens (including phenoxy) is 2. The number of urea groups is 1. The monoisotopic (exact) mass is 499 g/mol. The quantitative estimate of drug-likeness (QED) is 0.489. The average molecular weight is 500 g/mol. The Kier molecular flexibility index (Phi) is 6.46. The Balaban J connectivity index is 1.16. The minimum Gasteiger partial charge on any atom is -0.454 e. The molecule has 0 bridgehead atoms. The fourth-order valence-electron chi connectivity index (χ4n) is 4.14. The number of nitrogens with zero attached hydrogens (tertiary/aromatic N) is 3. The summed E-state index contributed by atoms with van der Waals surface area (Å²) in [6.45, 7) is 2.41. The zero-order valence-electron chi connectivity index (χ0n) is 18.9. The molecule has 1 unspecified atom stereocenters. The fourth-order valence-corrected chi connectivity index (χ4v) is 6.08. The Labute approximate surface area is 205 Å². The molecule has 0 saturated heterocycles. The third-order valence-electron chi connectivity index (χ3n) is 6.03. The molecule has 2 aliphatic rings. The number of fused-ring (bicyclic) bond motifs is 2. The Hall–Kier alpha value is -3.05. The van der Waals surface area contributed by atoms with E-state index >= 15 is 0 Å². The van der Waals surface area contributed by atoms with Crippen molar-refractivity contribution >= 4 is 40.7 Å². The molecule has 0 fully saturated rings. The van der Waals surface area contributed by atoms with Crippen LogP contribution in [0.2, 0.25) is 0 Å². The molecule has 9 nitrogen and oxygen atoms in total. The van der Waals surface area contributed by atoms with Crippen molar-refractivity contribution in [2.75, 3.05) is 17.9 Å². The Morgan fingerprint density at radius 1 is 1.24 bits per heavy atom. The molecule has 1 aliphatic carbocycles. The number of amides is 3. The molecule has 0 radical (unpaired) electrons. The second-order valence-corrected chi connectivity index (χ2v) is 10.4. The van der Waals surface area contributed by atoms with Crippen LogP contribution in [0.3, 0.4) is 0 Å². The number of nitrogens with one attached hydrogen (secondary N) is 2. The lowest BCUT2D eigenvalue weighted by atomic mass is 9.87. The summed E-state index contributed by atoms with van der Waals surface area (Å²) in [6, 6.07) is 6.66. The van der Waals surface area contributed by atoms with Crippen LogP contribution in [-0.4, -0.2) is 39.2 Å². The first kappa shape index (κ1) is 22.7. The summed E-state index contributed by atoms with van der Waals surface area (Å²) < 4.78 is 12.4. The molecule has 0 saturated carbocycles. The maximum absolute atomic E-state index is 12.3. The number of hydrogen-bond donors (Lipinski definition) is 2. The zero-order chi connectivity index (χ0) is 23.7. The summed E-state index contributed by atoms with van der Waals surface area (Å²) in [4.78, 5) is 27.0. The van der Waals surface area contributed by atoms with E-state index < -0.39 is 11.9 Å². The second-order valence-electron chi connectivity index (χ2n) is 8.30. The summed E-state index contributed by atoms with van der Waals surface area (Å²) in [5.74, 6) is 2.35. The lowest BCUT2D eigenvalue weighted by molar-refractivity contribution is -0.117. The van der Waals surface area contributed by atoms with E-state index in [0.717, 1.165) is 29.5 Å². The van der Waals surface area contributed by atoms with Crippen molar-refractivity contribution in [3.8, 4) is 22.2 Å². The van der Waals surface area contributed by atoms with Gasteiger partial charge in [0.25, 0.3) is 0 Å². The molecule has 2 aromatic heterocycles. The molecule has 1 atom stereocenters. The second kappa shape index (κ2) is 9.67. The Bertz CT molecular complexity index is 1240. The molecule has 3 amide bonds. The van der Waals surface area contributed by atoms with Crippen LogP contribution in [0.25, 0.3) is 10.7 Å². The minimum atomic E-state index is -0.613. The smallest absolute Gasteiger partial charge is 0.325 e. The lowest BCUT2D eigenvalue weighted by Gasteiger charge is -2.19. The van der Waals surface area contributed by atoms with Crippen molar-refractivity contribution in [1.29, 1.82) is 0 Å². The van der Waals surface area contributed by atoms with Gasteiger partial charge in [0.1, 0.15) is 0 Å². The van der Waals surface area contributed by atoms with E-state index in [1.807, 2.05) is 11.6 Å². The van der Waals surface area contributed by atoms with Crippen LogP contribution in [-0.2, 0) is 24.7 Å². The number of rotatable bonds is 6. The van der Waals surface area contributed by atoms with Crippen LogP contribution in [0.4, 0.5) is 10.5 Å². The van der Waals surface area contributed by atoms with E-state index in [9.17, 15) is 9.59 Å². The number of thioether (sulfide) groups is 1. The number of benzene rings is 1. The first-order chi connectivity index (χ1) is 16.5. The molecule has 178 valence electrons. The molecule has 1 aromatic carbocycles. The molecule has 1 aliphatic heterocycles. The van der Waals surface area contributed by atoms with Gasteiger partial charge in [0, 0.05) is 23.7 Å². The molecule has 5 rings (SSSR count). The van der Waals surface area contributed by atoms with Gasteiger partial charge in [-0.1, -0.05) is 25.1 Å². The highest BCUT2D eigenvalue weighted by Gasteiger charge is 2.23. The maximum Gasteiger partial charge on any atom is 0.325 e. The summed E-state index contributed by atoms with van der Waals surface area (Å²) in [5.41, 5.74) is 1.94. The number of carbonyl (C=O) groups excluding carboxylic acids is 2. The van der Waals surface area contributed by atoms with Gasteiger partial charge in [-0.2, -0.15) is 0 Å². The maximum atomic E-state index is 12.3. The standard InChI is InChI=1S/C23H25N5O4S2/c1-3-13-4-7-18-14(8-13)9-19(34-18)21-26-27-23(28(21)2)33-11-20(29)25-22(30)24-15-5-6-16-17(10-15)32-12-31-16/h5-6,9-10,13H,3-4,7-8,11-12H2,1-2H3,(H2,24,25,29,30). The lowest BCUT2D eigenvalue weighted by Crippen LogP contribution is -2.35. The molecular weight excluding hydrogens is 474 g/mol. The van der Waals surface area contributed by atoms with Crippen molar-refractivity contribution in [3.63, 3.8) is 0 Å². The number of carbonyl (C=O) groups is 2. The molecule has 3 heterocycles. The van der Waals surface area contributed by atoms with Crippen molar-refractivity contribution in [3.05, 3.63) is 34.7 Å². The number of hydrogen-bond acceptors (Lipinski definition) is 8. The van der Waals surface area contributed by atoms with Crippen LogP contribution in [0.5, 0.6) is 11.5 Å². The number of aryl methyl sites for hydroxylation is 1. The Morgan fingerprint density at radius 2 is 2.09 bits per heavy atom. The number of thiophene rings is 1. The Morgan fingerprint density at radius 3 is 2.94 bits per heavy atom. The fraction of sp³-hybridized carbons (Fsp3) is 0.391. The zero-order valence-corrected chi connectivity index (χ0v) is 20.6. The molecule has 34 heavy (non-hydrogen) atoms. The topological polar surface area (TPSA) is 107 Å².